The van der Waals surface area contributed by atoms with Gasteiger partial charge in [-0.2, -0.15) is 5.10 Å². The number of allylic oxidation sites excluding steroid dienone is 2. The van der Waals surface area contributed by atoms with E-state index in [2.05, 4.69) is 33.6 Å². The van der Waals surface area contributed by atoms with Crippen molar-refractivity contribution in [2.75, 3.05) is 6.54 Å². The topological polar surface area (TPSA) is 42.7 Å². The summed E-state index contributed by atoms with van der Waals surface area (Å²) in [4.78, 5) is 4.44. The van der Waals surface area contributed by atoms with Gasteiger partial charge in [-0.25, -0.2) is 9.67 Å². The van der Waals surface area contributed by atoms with Crippen molar-refractivity contribution in [3.05, 3.63) is 54.5 Å². The minimum absolute atomic E-state index is 0.768. The number of nitrogens with zero attached hydrogens (tertiary/aromatic N) is 3. The van der Waals surface area contributed by atoms with Gasteiger partial charge in [0.25, 0.3) is 0 Å². The average Bonchev–Trinajstić information content (AvgIpc) is 3.03. The lowest BCUT2D eigenvalue weighted by molar-refractivity contribution is 0.440. The van der Waals surface area contributed by atoms with Crippen LogP contribution in [0.15, 0.2) is 48.9 Å². The smallest absolute Gasteiger partial charge is 0.157 e. The van der Waals surface area contributed by atoms with Crippen LogP contribution in [0.4, 0.5) is 0 Å². The number of hydrogen-bond donors (Lipinski definition) is 1. The van der Waals surface area contributed by atoms with Gasteiger partial charge < -0.3 is 5.32 Å². The molecule has 2 heterocycles. The Morgan fingerprint density at radius 3 is 3.05 bits per heavy atom. The molecule has 4 nitrogen and oxygen atoms in total. The van der Waals surface area contributed by atoms with Crippen molar-refractivity contribution >= 4 is 0 Å². The molecule has 1 atom stereocenters. The van der Waals surface area contributed by atoms with Crippen LogP contribution < -0.4 is 5.32 Å². The van der Waals surface area contributed by atoms with Crippen LogP contribution in [0.2, 0.25) is 0 Å². The fourth-order valence-corrected chi connectivity index (χ4v) is 2.62. The van der Waals surface area contributed by atoms with Gasteiger partial charge in [0.05, 0.1) is 0 Å². The van der Waals surface area contributed by atoms with Crippen molar-refractivity contribution in [1.29, 1.82) is 0 Å². The Balaban J connectivity index is 1.61. The molecule has 1 N–H and O–H groups in total. The maximum atomic E-state index is 4.44. The summed E-state index contributed by atoms with van der Waals surface area (Å²) in [5.74, 6) is 1.68. The van der Waals surface area contributed by atoms with Gasteiger partial charge in [0.15, 0.2) is 5.82 Å². The molecule has 2 aromatic rings. The van der Waals surface area contributed by atoms with E-state index in [0.29, 0.717) is 0 Å². The molecule has 104 valence electrons. The third-order valence-electron chi connectivity index (χ3n) is 3.72. The van der Waals surface area contributed by atoms with Gasteiger partial charge in [0.2, 0.25) is 0 Å². The molecule has 0 fully saturated rings. The van der Waals surface area contributed by atoms with E-state index in [1.165, 1.54) is 24.8 Å². The molecule has 0 aliphatic heterocycles. The molecule has 2 aromatic heterocycles. The fourth-order valence-electron chi connectivity index (χ4n) is 2.62. The summed E-state index contributed by atoms with van der Waals surface area (Å²) in [6.45, 7) is 1.90. The predicted molar refractivity (Wildman–Crippen MR) is 79.5 cm³/mol. The maximum Gasteiger partial charge on any atom is 0.157 e. The van der Waals surface area contributed by atoms with E-state index in [-0.39, 0.29) is 0 Å². The van der Waals surface area contributed by atoms with Gasteiger partial charge in [-0.15, -0.1) is 0 Å². The monoisotopic (exact) mass is 268 g/mol. The summed E-state index contributed by atoms with van der Waals surface area (Å²) in [6.07, 6.45) is 13.8. The van der Waals surface area contributed by atoms with Crippen LogP contribution in [-0.4, -0.2) is 21.3 Å². The SMILES string of the molecule is C1=CCC(CNCc2cccnc2-n2cccn2)CC1. The van der Waals surface area contributed by atoms with Crippen molar-refractivity contribution in [3.8, 4) is 5.82 Å². The van der Waals surface area contributed by atoms with E-state index in [9.17, 15) is 0 Å². The largest absolute Gasteiger partial charge is 0.312 e. The van der Waals surface area contributed by atoms with Gasteiger partial charge in [-0.05, 0) is 43.9 Å². The summed E-state index contributed by atoms with van der Waals surface area (Å²) in [7, 11) is 0. The van der Waals surface area contributed by atoms with E-state index < -0.39 is 0 Å². The van der Waals surface area contributed by atoms with E-state index in [4.69, 9.17) is 0 Å². The Bertz CT molecular complexity index is 560. The second kappa shape index (κ2) is 6.48. The highest BCUT2D eigenvalue weighted by Gasteiger charge is 2.10. The first kappa shape index (κ1) is 13.1. The lowest BCUT2D eigenvalue weighted by Gasteiger charge is -2.18. The lowest BCUT2D eigenvalue weighted by atomic mass is 9.94. The first-order valence-electron chi connectivity index (χ1n) is 7.23. The van der Waals surface area contributed by atoms with Crippen molar-refractivity contribution in [1.82, 2.24) is 20.1 Å². The minimum Gasteiger partial charge on any atom is -0.312 e. The highest BCUT2D eigenvalue weighted by molar-refractivity contribution is 5.32. The summed E-state index contributed by atoms with van der Waals surface area (Å²) in [5.41, 5.74) is 1.18. The van der Waals surface area contributed by atoms with E-state index in [1.807, 2.05) is 29.2 Å². The second-order valence-corrected chi connectivity index (χ2v) is 5.22. The van der Waals surface area contributed by atoms with Crippen LogP contribution in [0, 0.1) is 5.92 Å². The number of hydrogen-bond acceptors (Lipinski definition) is 3. The molecule has 0 saturated carbocycles. The summed E-state index contributed by atoms with van der Waals surface area (Å²) in [6, 6.07) is 6.01. The highest BCUT2D eigenvalue weighted by atomic mass is 15.3. The zero-order chi connectivity index (χ0) is 13.6. The zero-order valence-corrected chi connectivity index (χ0v) is 11.6. The number of aromatic nitrogens is 3. The molecular formula is C16H20N4. The molecule has 0 spiro atoms. The van der Waals surface area contributed by atoms with E-state index in [1.54, 1.807) is 6.20 Å². The van der Waals surface area contributed by atoms with Crippen molar-refractivity contribution in [2.24, 2.45) is 5.92 Å². The van der Waals surface area contributed by atoms with Crippen LogP contribution in [0.5, 0.6) is 0 Å². The van der Waals surface area contributed by atoms with E-state index in [0.717, 1.165) is 24.8 Å². The first-order valence-corrected chi connectivity index (χ1v) is 7.23. The van der Waals surface area contributed by atoms with Gasteiger partial charge in [-0.3, -0.25) is 0 Å². The summed E-state index contributed by atoms with van der Waals surface area (Å²) >= 11 is 0. The van der Waals surface area contributed by atoms with Crippen LogP contribution in [0.1, 0.15) is 24.8 Å². The van der Waals surface area contributed by atoms with Gasteiger partial charge in [-0.1, -0.05) is 18.2 Å². The molecule has 0 aromatic carbocycles. The zero-order valence-electron chi connectivity index (χ0n) is 11.6. The highest BCUT2D eigenvalue weighted by Crippen LogP contribution is 2.17. The molecular weight excluding hydrogens is 248 g/mol. The summed E-state index contributed by atoms with van der Waals surface area (Å²) < 4.78 is 1.82. The second-order valence-electron chi connectivity index (χ2n) is 5.22. The van der Waals surface area contributed by atoms with E-state index >= 15 is 0 Å². The van der Waals surface area contributed by atoms with Crippen molar-refractivity contribution in [3.63, 3.8) is 0 Å². The Labute approximate surface area is 119 Å². The molecule has 0 amide bonds. The normalized spacial score (nSPS) is 18.3. The molecule has 1 aliphatic rings. The minimum atomic E-state index is 0.768. The Hall–Kier alpha value is -1.94. The van der Waals surface area contributed by atoms with Crippen LogP contribution in [-0.2, 0) is 6.54 Å². The standard InChI is InChI=1S/C16H20N4/c1-2-6-14(7-3-1)12-17-13-15-8-4-9-18-16(15)20-11-5-10-19-20/h1-2,4-5,8-11,14,17H,3,6-7,12-13H2. The van der Waals surface area contributed by atoms with Gasteiger partial charge in [0.1, 0.15) is 0 Å². The quantitative estimate of drug-likeness (QED) is 0.848. The number of rotatable bonds is 5. The molecule has 0 saturated heterocycles. The number of pyridine rings is 1. The Morgan fingerprint density at radius 1 is 1.25 bits per heavy atom. The third-order valence-corrected chi connectivity index (χ3v) is 3.72. The molecule has 1 unspecified atom stereocenters. The fraction of sp³-hybridized carbons (Fsp3) is 0.375. The van der Waals surface area contributed by atoms with Crippen molar-refractivity contribution in [2.45, 2.75) is 25.8 Å². The molecule has 3 rings (SSSR count). The van der Waals surface area contributed by atoms with Crippen LogP contribution >= 0.6 is 0 Å². The predicted octanol–water partition coefficient (Wildman–Crippen LogP) is 2.71. The van der Waals surface area contributed by atoms with Crippen molar-refractivity contribution < 1.29 is 0 Å². The average molecular weight is 268 g/mol. The maximum absolute atomic E-state index is 4.44. The Morgan fingerprint density at radius 2 is 2.25 bits per heavy atom. The number of nitrogens with one attached hydrogen (secondary N) is 1. The third kappa shape index (κ3) is 3.14. The van der Waals surface area contributed by atoms with Gasteiger partial charge >= 0.3 is 0 Å². The first-order chi connectivity index (χ1) is 9.93. The van der Waals surface area contributed by atoms with Gasteiger partial charge in [0, 0.05) is 30.7 Å². The molecule has 0 radical (unpaired) electrons. The molecule has 4 heteroatoms. The molecule has 20 heavy (non-hydrogen) atoms. The summed E-state index contributed by atoms with van der Waals surface area (Å²) in [5, 5.41) is 7.82. The van der Waals surface area contributed by atoms with Crippen LogP contribution in [0.3, 0.4) is 0 Å². The molecule has 1 aliphatic carbocycles. The Kier molecular flexibility index (Phi) is 4.23. The lowest BCUT2D eigenvalue weighted by Crippen LogP contribution is -2.24. The molecule has 0 bridgehead atoms. The van der Waals surface area contributed by atoms with Crippen LogP contribution in [0.25, 0.3) is 5.82 Å².